The Morgan fingerprint density at radius 1 is 1.36 bits per heavy atom. The summed E-state index contributed by atoms with van der Waals surface area (Å²) in [6.45, 7) is 4.52. The number of fused-ring (bicyclic) bond motifs is 2. The van der Waals surface area contributed by atoms with Crippen molar-refractivity contribution in [1.29, 1.82) is 0 Å². The molecule has 2 aliphatic rings. The third kappa shape index (κ3) is 0.800. The molecule has 0 radical (unpaired) electrons. The molecule has 2 fully saturated rings. The molecule has 1 heteroatoms. The second-order valence-corrected chi connectivity index (χ2v) is 4.75. The second-order valence-electron chi connectivity index (χ2n) is 4.75. The Morgan fingerprint density at radius 3 is 2.45 bits per heavy atom. The van der Waals surface area contributed by atoms with Crippen LogP contribution in [0.3, 0.4) is 0 Å². The number of hydrogen-bond acceptors (Lipinski definition) is 1. The van der Waals surface area contributed by atoms with E-state index in [1.54, 1.807) is 0 Å². The zero-order valence-electron chi connectivity index (χ0n) is 7.34. The predicted molar refractivity (Wildman–Crippen MR) is 44.2 cm³/mol. The zero-order chi connectivity index (χ0) is 8.06. The van der Waals surface area contributed by atoms with E-state index in [9.17, 15) is 4.79 Å². The van der Waals surface area contributed by atoms with Gasteiger partial charge in [0.1, 0.15) is 6.29 Å². The molecule has 2 saturated carbocycles. The van der Waals surface area contributed by atoms with Crippen molar-refractivity contribution in [2.24, 2.45) is 23.2 Å². The maximum Gasteiger partial charge on any atom is 0.123 e. The number of rotatable bonds is 1. The van der Waals surface area contributed by atoms with E-state index in [1.165, 1.54) is 25.5 Å². The highest BCUT2D eigenvalue weighted by Gasteiger charge is 2.52. The van der Waals surface area contributed by atoms with E-state index < -0.39 is 0 Å². The Kier molecular flexibility index (Phi) is 1.39. The molecular weight excluding hydrogens is 136 g/mol. The first-order valence-corrected chi connectivity index (χ1v) is 4.61. The molecule has 2 bridgehead atoms. The molecule has 62 valence electrons. The molecular formula is C10H16O. The smallest absolute Gasteiger partial charge is 0.123 e. The summed E-state index contributed by atoms with van der Waals surface area (Å²) in [7, 11) is 0. The summed E-state index contributed by atoms with van der Waals surface area (Å²) in [6, 6.07) is 0. The van der Waals surface area contributed by atoms with E-state index in [2.05, 4.69) is 13.8 Å². The molecule has 0 saturated heterocycles. The lowest BCUT2D eigenvalue weighted by Crippen LogP contribution is -2.31. The van der Waals surface area contributed by atoms with Gasteiger partial charge in [-0.1, -0.05) is 13.8 Å². The van der Waals surface area contributed by atoms with Crippen molar-refractivity contribution in [1.82, 2.24) is 0 Å². The molecule has 0 amide bonds. The third-order valence-electron chi connectivity index (χ3n) is 4.04. The van der Waals surface area contributed by atoms with Gasteiger partial charge in [0.25, 0.3) is 0 Å². The van der Waals surface area contributed by atoms with Crippen LogP contribution >= 0.6 is 0 Å². The molecule has 0 aromatic rings. The van der Waals surface area contributed by atoms with Crippen LogP contribution in [0.5, 0.6) is 0 Å². The molecule has 11 heavy (non-hydrogen) atoms. The SMILES string of the molecule is CC1(C)C(C=O)[C@H]2CC[C@@H]1C2. The minimum atomic E-state index is 0.310. The van der Waals surface area contributed by atoms with Gasteiger partial charge in [0, 0.05) is 5.92 Å². The van der Waals surface area contributed by atoms with Gasteiger partial charge in [0.15, 0.2) is 0 Å². The maximum atomic E-state index is 10.8. The molecule has 0 N–H and O–H groups in total. The second kappa shape index (κ2) is 2.09. The molecule has 1 nitrogen and oxygen atoms in total. The Bertz CT molecular complexity index is 183. The van der Waals surface area contributed by atoms with E-state index >= 15 is 0 Å². The Labute approximate surface area is 68.2 Å². The molecule has 0 spiro atoms. The van der Waals surface area contributed by atoms with Crippen LogP contribution in [0.4, 0.5) is 0 Å². The number of hydrogen-bond donors (Lipinski definition) is 0. The summed E-state index contributed by atoms with van der Waals surface area (Å²) < 4.78 is 0. The van der Waals surface area contributed by atoms with Crippen molar-refractivity contribution in [3.8, 4) is 0 Å². The fraction of sp³-hybridized carbons (Fsp3) is 0.900. The van der Waals surface area contributed by atoms with Crippen molar-refractivity contribution in [3.63, 3.8) is 0 Å². The van der Waals surface area contributed by atoms with Gasteiger partial charge in [-0.15, -0.1) is 0 Å². The summed E-state index contributed by atoms with van der Waals surface area (Å²) >= 11 is 0. The van der Waals surface area contributed by atoms with Crippen LogP contribution in [0, 0.1) is 23.2 Å². The van der Waals surface area contributed by atoms with Gasteiger partial charge in [0.05, 0.1) is 0 Å². The minimum absolute atomic E-state index is 0.310. The summed E-state index contributed by atoms with van der Waals surface area (Å²) in [4.78, 5) is 10.8. The van der Waals surface area contributed by atoms with Crippen LogP contribution < -0.4 is 0 Å². The lowest BCUT2D eigenvalue weighted by atomic mass is 9.69. The van der Waals surface area contributed by atoms with Crippen molar-refractivity contribution in [2.45, 2.75) is 33.1 Å². The summed E-state index contributed by atoms with van der Waals surface area (Å²) in [6.07, 6.45) is 5.18. The molecule has 0 aliphatic heterocycles. The number of carbonyl (C=O) groups excluding carboxylic acids is 1. The first kappa shape index (κ1) is 7.33. The monoisotopic (exact) mass is 152 g/mol. The lowest BCUT2D eigenvalue weighted by molar-refractivity contribution is -0.116. The molecule has 0 aromatic carbocycles. The standard InChI is InChI=1S/C10H16O/c1-10(2)8-4-3-7(5-8)9(10)6-11/h6-9H,3-5H2,1-2H3/t7-,8+,9?/m0/s1. The van der Waals surface area contributed by atoms with E-state index in [1.807, 2.05) is 0 Å². The molecule has 2 rings (SSSR count). The number of carbonyl (C=O) groups is 1. The van der Waals surface area contributed by atoms with Crippen LogP contribution in [0.2, 0.25) is 0 Å². The molecule has 2 aliphatic carbocycles. The zero-order valence-corrected chi connectivity index (χ0v) is 7.34. The van der Waals surface area contributed by atoms with Gasteiger partial charge in [-0.2, -0.15) is 0 Å². The quantitative estimate of drug-likeness (QED) is 0.527. The van der Waals surface area contributed by atoms with Gasteiger partial charge in [-0.05, 0) is 36.5 Å². The van der Waals surface area contributed by atoms with Gasteiger partial charge in [0.2, 0.25) is 0 Å². The van der Waals surface area contributed by atoms with Crippen LogP contribution in [0.15, 0.2) is 0 Å². The first-order chi connectivity index (χ1) is 5.16. The van der Waals surface area contributed by atoms with E-state index in [4.69, 9.17) is 0 Å². The average Bonchev–Trinajstić information content (AvgIpc) is 2.44. The van der Waals surface area contributed by atoms with Gasteiger partial charge < -0.3 is 4.79 Å². The van der Waals surface area contributed by atoms with E-state index in [0.717, 1.165) is 11.8 Å². The fourth-order valence-corrected chi connectivity index (χ4v) is 3.18. The van der Waals surface area contributed by atoms with Crippen LogP contribution in [0.1, 0.15) is 33.1 Å². The predicted octanol–water partition coefficient (Wildman–Crippen LogP) is 2.26. The highest BCUT2D eigenvalue weighted by molar-refractivity contribution is 5.57. The fourth-order valence-electron chi connectivity index (χ4n) is 3.18. The van der Waals surface area contributed by atoms with Crippen molar-refractivity contribution in [3.05, 3.63) is 0 Å². The van der Waals surface area contributed by atoms with Crippen molar-refractivity contribution in [2.75, 3.05) is 0 Å². The lowest BCUT2D eigenvalue weighted by Gasteiger charge is -2.34. The molecule has 0 aromatic heterocycles. The molecule has 1 unspecified atom stereocenters. The van der Waals surface area contributed by atoms with Gasteiger partial charge in [-0.3, -0.25) is 0 Å². The normalized spacial score (nSPS) is 46.2. The minimum Gasteiger partial charge on any atom is -0.303 e. The Balaban J connectivity index is 2.27. The molecule has 3 atom stereocenters. The summed E-state index contributed by atoms with van der Waals surface area (Å²) in [5.74, 6) is 1.93. The Hall–Kier alpha value is -0.330. The maximum absolute atomic E-state index is 10.8. The van der Waals surface area contributed by atoms with Crippen LogP contribution in [-0.4, -0.2) is 6.29 Å². The van der Waals surface area contributed by atoms with Crippen molar-refractivity contribution < 1.29 is 4.79 Å². The van der Waals surface area contributed by atoms with Crippen LogP contribution in [-0.2, 0) is 4.79 Å². The van der Waals surface area contributed by atoms with E-state index in [-0.39, 0.29) is 0 Å². The van der Waals surface area contributed by atoms with E-state index in [0.29, 0.717) is 11.3 Å². The highest BCUT2D eigenvalue weighted by Crippen LogP contribution is 2.58. The van der Waals surface area contributed by atoms with Gasteiger partial charge in [-0.25, -0.2) is 0 Å². The molecule has 0 heterocycles. The third-order valence-corrected chi connectivity index (χ3v) is 4.04. The Morgan fingerprint density at radius 2 is 2.09 bits per heavy atom. The first-order valence-electron chi connectivity index (χ1n) is 4.61. The summed E-state index contributed by atoms with van der Waals surface area (Å²) in [5.41, 5.74) is 0.310. The van der Waals surface area contributed by atoms with Crippen LogP contribution in [0.25, 0.3) is 0 Å². The summed E-state index contributed by atoms with van der Waals surface area (Å²) in [5, 5.41) is 0. The number of aldehydes is 1. The highest BCUT2D eigenvalue weighted by atomic mass is 16.1. The van der Waals surface area contributed by atoms with Crippen molar-refractivity contribution >= 4 is 6.29 Å². The van der Waals surface area contributed by atoms with Gasteiger partial charge >= 0.3 is 0 Å². The average molecular weight is 152 g/mol. The topological polar surface area (TPSA) is 17.1 Å². The largest absolute Gasteiger partial charge is 0.303 e.